The molecule has 1 aromatic heterocycles. The van der Waals surface area contributed by atoms with E-state index in [-0.39, 0.29) is 48.3 Å². The molecule has 2 atom stereocenters. The minimum Gasteiger partial charge on any atom is -0.382 e. The maximum atomic E-state index is 13.5. The molecule has 2 aromatic rings. The lowest BCUT2D eigenvalue weighted by molar-refractivity contribution is 0.0920. The number of benzene rings is 1. The van der Waals surface area contributed by atoms with Crippen LogP contribution in [0.3, 0.4) is 0 Å². The van der Waals surface area contributed by atoms with E-state index in [1.807, 2.05) is 0 Å². The van der Waals surface area contributed by atoms with E-state index in [1.165, 1.54) is 18.5 Å². The normalized spacial score (nSPS) is 19.0. The summed E-state index contributed by atoms with van der Waals surface area (Å²) < 4.78 is 26.7. The summed E-state index contributed by atoms with van der Waals surface area (Å²) in [6.07, 6.45) is 3.47. The maximum absolute atomic E-state index is 13.5. The molecule has 1 amide bonds. The molecule has 6 nitrogen and oxygen atoms in total. The van der Waals surface area contributed by atoms with Crippen molar-refractivity contribution in [2.75, 3.05) is 18.8 Å². The lowest BCUT2D eigenvalue weighted by Gasteiger charge is -2.33. The van der Waals surface area contributed by atoms with Crippen molar-refractivity contribution in [3.63, 3.8) is 0 Å². The van der Waals surface area contributed by atoms with Crippen molar-refractivity contribution >= 4 is 36.5 Å². The van der Waals surface area contributed by atoms with E-state index in [0.29, 0.717) is 18.5 Å². The molecule has 0 saturated carbocycles. The van der Waals surface area contributed by atoms with Crippen LogP contribution in [0.2, 0.25) is 0 Å². The number of nitrogens with one attached hydrogen (secondary N) is 2. The molecule has 10 heteroatoms. The Morgan fingerprint density at radius 3 is 2.62 bits per heavy atom. The zero-order valence-corrected chi connectivity index (χ0v) is 15.2. The molecule has 2 unspecified atom stereocenters. The molecule has 0 aliphatic carbocycles. The third kappa shape index (κ3) is 4.78. The van der Waals surface area contributed by atoms with Crippen LogP contribution in [0.1, 0.15) is 28.4 Å². The summed E-state index contributed by atoms with van der Waals surface area (Å²) in [6, 6.07) is 3.54. The Labute approximate surface area is 161 Å². The van der Waals surface area contributed by atoms with Crippen molar-refractivity contribution in [2.24, 2.45) is 0 Å². The average Bonchev–Trinajstić information content (AvgIpc) is 2.58. The lowest BCUT2D eigenvalue weighted by atomic mass is 9.86. The maximum Gasteiger partial charge on any atom is 0.274 e. The van der Waals surface area contributed by atoms with Crippen molar-refractivity contribution in [1.82, 2.24) is 20.6 Å². The number of aromatic nitrogens is 2. The van der Waals surface area contributed by atoms with Crippen LogP contribution in [-0.2, 0) is 0 Å². The van der Waals surface area contributed by atoms with E-state index in [0.717, 1.165) is 12.6 Å². The van der Waals surface area contributed by atoms with Gasteiger partial charge < -0.3 is 16.4 Å². The van der Waals surface area contributed by atoms with Gasteiger partial charge in [-0.15, -0.1) is 24.8 Å². The minimum absolute atomic E-state index is 0. The number of anilines is 1. The minimum atomic E-state index is -0.894. The van der Waals surface area contributed by atoms with Gasteiger partial charge in [0.1, 0.15) is 0 Å². The van der Waals surface area contributed by atoms with Gasteiger partial charge >= 0.3 is 0 Å². The largest absolute Gasteiger partial charge is 0.382 e. The van der Waals surface area contributed by atoms with Gasteiger partial charge in [-0.05, 0) is 30.7 Å². The summed E-state index contributed by atoms with van der Waals surface area (Å²) in [5.41, 5.74) is 6.36. The fourth-order valence-electron chi connectivity index (χ4n) is 2.91. The summed E-state index contributed by atoms with van der Waals surface area (Å²) in [7, 11) is 0. The van der Waals surface area contributed by atoms with Crippen LogP contribution >= 0.6 is 24.8 Å². The second-order valence-corrected chi connectivity index (χ2v) is 5.64. The number of carbonyl (C=O) groups excluding carboxylic acids is 1. The molecule has 1 aliphatic heterocycles. The topological polar surface area (TPSA) is 92.9 Å². The van der Waals surface area contributed by atoms with Gasteiger partial charge in [-0.3, -0.25) is 4.79 Å². The van der Waals surface area contributed by atoms with Crippen LogP contribution in [0.4, 0.5) is 14.6 Å². The van der Waals surface area contributed by atoms with Crippen molar-refractivity contribution in [2.45, 2.75) is 18.4 Å². The first-order valence-electron chi connectivity index (χ1n) is 7.59. The quantitative estimate of drug-likeness (QED) is 0.726. The summed E-state index contributed by atoms with van der Waals surface area (Å²) in [6.45, 7) is 1.24. The van der Waals surface area contributed by atoms with Gasteiger partial charge in [-0.25, -0.2) is 18.7 Å². The molecule has 2 heterocycles. The molecule has 142 valence electrons. The van der Waals surface area contributed by atoms with E-state index in [9.17, 15) is 13.6 Å². The van der Waals surface area contributed by atoms with E-state index in [4.69, 9.17) is 5.73 Å². The number of nitrogen functional groups attached to an aromatic ring is 1. The molecule has 1 saturated heterocycles. The van der Waals surface area contributed by atoms with E-state index >= 15 is 0 Å². The van der Waals surface area contributed by atoms with Crippen molar-refractivity contribution in [3.8, 4) is 0 Å². The molecule has 0 spiro atoms. The highest BCUT2D eigenvalue weighted by molar-refractivity contribution is 5.96. The molecule has 1 fully saturated rings. The van der Waals surface area contributed by atoms with Gasteiger partial charge in [0.05, 0.1) is 0 Å². The third-order valence-corrected chi connectivity index (χ3v) is 4.11. The van der Waals surface area contributed by atoms with Gasteiger partial charge in [0, 0.05) is 30.9 Å². The molecule has 26 heavy (non-hydrogen) atoms. The molecule has 1 aliphatic rings. The highest BCUT2D eigenvalue weighted by Crippen LogP contribution is 2.27. The van der Waals surface area contributed by atoms with Crippen LogP contribution in [0, 0.1) is 11.6 Å². The van der Waals surface area contributed by atoms with Crippen molar-refractivity contribution < 1.29 is 13.6 Å². The highest BCUT2D eigenvalue weighted by Gasteiger charge is 2.29. The number of nitrogens with two attached hydrogens (primary N) is 1. The number of piperidine rings is 1. The fourth-order valence-corrected chi connectivity index (χ4v) is 2.91. The average molecular weight is 406 g/mol. The van der Waals surface area contributed by atoms with Crippen LogP contribution in [0.5, 0.6) is 0 Å². The number of hydrogen-bond donors (Lipinski definition) is 3. The van der Waals surface area contributed by atoms with Crippen LogP contribution < -0.4 is 16.4 Å². The van der Waals surface area contributed by atoms with Crippen LogP contribution in [-0.4, -0.2) is 35.0 Å². The number of carbonyl (C=O) groups is 1. The van der Waals surface area contributed by atoms with E-state index < -0.39 is 17.5 Å². The van der Waals surface area contributed by atoms with E-state index in [2.05, 4.69) is 20.6 Å². The molecule has 0 radical (unpaired) electrons. The predicted octanol–water partition coefficient (Wildman–Crippen LogP) is 2.06. The molecule has 3 rings (SSSR count). The molecule has 1 aromatic carbocycles. The number of hydrogen-bond acceptors (Lipinski definition) is 5. The third-order valence-electron chi connectivity index (χ3n) is 4.11. The smallest absolute Gasteiger partial charge is 0.274 e. The SMILES string of the molecule is Cl.Cl.Nc1nccnc1C(=O)NC1CNCCC1c1ccc(F)c(F)c1. The Morgan fingerprint density at radius 1 is 1.19 bits per heavy atom. The summed E-state index contributed by atoms with van der Waals surface area (Å²) in [5, 5.41) is 6.04. The van der Waals surface area contributed by atoms with Crippen LogP contribution in [0.15, 0.2) is 30.6 Å². The number of rotatable bonds is 3. The predicted molar refractivity (Wildman–Crippen MR) is 98.8 cm³/mol. The standard InChI is InChI=1S/C16H17F2N5O.2ClH/c17-11-2-1-9(7-12(11)18)10-3-4-20-8-13(10)23-16(24)14-15(19)22-6-5-21-14;;/h1-2,5-7,10,13,20H,3-4,8H2,(H2,19,22)(H,23,24);2*1H. The zero-order chi connectivity index (χ0) is 17.1. The number of amides is 1. The Bertz CT molecular complexity index is 765. The summed E-state index contributed by atoms with van der Waals surface area (Å²) in [4.78, 5) is 20.2. The molecule has 4 N–H and O–H groups in total. The first kappa shape index (κ1) is 22.0. The van der Waals surface area contributed by atoms with Gasteiger partial charge in [-0.1, -0.05) is 6.07 Å². The van der Waals surface area contributed by atoms with Crippen molar-refractivity contribution in [1.29, 1.82) is 0 Å². The fraction of sp³-hybridized carbons (Fsp3) is 0.312. The first-order valence-corrected chi connectivity index (χ1v) is 7.59. The highest BCUT2D eigenvalue weighted by atomic mass is 35.5. The molecular weight excluding hydrogens is 387 g/mol. The molecular formula is C16H19Cl2F2N5O. The molecule has 0 bridgehead atoms. The van der Waals surface area contributed by atoms with Gasteiger partial charge in [0.2, 0.25) is 0 Å². The zero-order valence-electron chi connectivity index (χ0n) is 13.6. The Balaban J connectivity index is 0.00000169. The van der Waals surface area contributed by atoms with Crippen LogP contribution in [0.25, 0.3) is 0 Å². The Morgan fingerprint density at radius 2 is 1.92 bits per heavy atom. The Kier molecular flexibility index (Phi) is 8.13. The first-order chi connectivity index (χ1) is 11.6. The summed E-state index contributed by atoms with van der Waals surface area (Å²) >= 11 is 0. The number of halogens is 4. The summed E-state index contributed by atoms with van der Waals surface area (Å²) in [5.74, 6) is -2.32. The lowest BCUT2D eigenvalue weighted by Crippen LogP contribution is -2.50. The van der Waals surface area contributed by atoms with Gasteiger partial charge in [0.15, 0.2) is 23.1 Å². The monoisotopic (exact) mass is 405 g/mol. The number of nitrogens with zero attached hydrogens (tertiary/aromatic N) is 2. The van der Waals surface area contributed by atoms with Crippen molar-refractivity contribution in [3.05, 3.63) is 53.5 Å². The second-order valence-electron chi connectivity index (χ2n) is 5.64. The Hall–Kier alpha value is -2.03. The van der Waals surface area contributed by atoms with Gasteiger partial charge in [-0.2, -0.15) is 0 Å². The second kappa shape index (κ2) is 9.61. The van der Waals surface area contributed by atoms with E-state index in [1.54, 1.807) is 6.07 Å². The van der Waals surface area contributed by atoms with Gasteiger partial charge in [0.25, 0.3) is 5.91 Å².